The number of ether oxygens (including phenoxy) is 1. The molecule has 1 aliphatic carbocycles. The number of nitrogens with zero attached hydrogens (tertiary/aromatic N) is 1. The van der Waals surface area contributed by atoms with Crippen LogP contribution in [-0.4, -0.2) is 18.2 Å². The molecule has 0 N–H and O–H groups in total. The van der Waals surface area contributed by atoms with E-state index in [2.05, 4.69) is 4.74 Å². The summed E-state index contributed by atoms with van der Waals surface area (Å²) in [7, 11) is 0. The summed E-state index contributed by atoms with van der Waals surface area (Å²) in [5, 5.41) is 0.603. The first kappa shape index (κ1) is 18.1. The Balaban J connectivity index is 1.53. The van der Waals surface area contributed by atoms with E-state index in [1.54, 1.807) is 0 Å². The van der Waals surface area contributed by atoms with E-state index in [1.807, 2.05) is 0 Å². The first-order valence-electron chi connectivity index (χ1n) is 7.85. The maximum Gasteiger partial charge on any atom is 0.573 e. The molecule has 2 amide bonds. The molecule has 2 fully saturated rings. The molecular formula is C18H10Cl2F3NO3. The highest BCUT2D eigenvalue weighted by atomic mass is 35.5. The molecule has 1 saturated heterocycles. The lowest BCUT2D eigenvalue weighted by atomic mass is 10.1. The number of rotatable bonds is 3. The molecule has 0 radical (unpaired) electrons. The van der Waals surface area contributed by atoms with E-state index in [-0.39, 0.29) is 23.5 Å². The van der Waals surface area contributed by atoms with Gasteiger partial charge in [0.1, 0.15) is 5.75 Å². The second kappa shape index (κ2) is 6.14. The summed E-state index contributed by atoms with van der Waals surface area (Å²) in [5.74, 6) is -2.53. The highest BCUT2D eigenvalue weighted by molar-refractivity contribution is 6.36. The van der Waals surface area contributed by atoms with E-state index in [9.17, 15) is 22.8 Å². The van der Waals surface area contributed by atoms with Crippen LogP contribution >= 0.6 is 23.2 Å². The number of hydrogen-bond acceptors (Lipinski definition) is 3. The fourth-order valence-electron chi connectivity index (χ4n) is 3.56. The number of hydrogen-bond donors (Lipinski definition) is 0. The average Bonchev–Trinajstić information content (AvgIpc) is 3.22. The largest absolute Gasteiger partial charge is 0.573 e. The van der Waals surface area contributed by atoms with Gasteiger partial charge >= 0.3 is 6.36 Å². The van der Waals surface area contributed by atoms with Crippen molar-refractivity contribution in [2.45, 2.75) is 12.3 Å². The molecule has 2 aromatic carbocycles. The van der Waals surface area contributed by atoms with Crippen LogP contribution in [0.25, 0.3) is 0 Å². The summed E-state index contributed by atoms with van der Waals surface area (Å²) in [5.41, 5.74) is 0.923. The highest BCUT2D eigenvalue weighted by Gasteiger charge is 2.67. The molecule has 3 atom stereocenters. The van der Waals surface area contributed by atoms with Gasteiger partial charge in [-0.15, -0.1) is 13.2 Å². The van der Waals surface area contributed by atoms with E-state index in [4.69, 9.17) is 23.2 Å². The summed E-state index contributed by atoms with van der Waals surface area (Å²) in [4.78, 5) is 26.4. The van der Waals surface area contributed by atoms with Crippen molar-refractivity contribution in [1.82, 2.24) is 0 Å². The number of amides is 2. The monoisotopic (exact) mass is 415 g/mol. The zero-order valence-electron chi connectivity index (χ0n) is 13.3. The molecule has 27 heavy (non-hydrogen) atoms. The van der Waals surface area contributed by atoms with E-state index >= 15 is 0 Å². The first-order chi connectivity index (χ1) is 12.7. The smallest absolute Gasteiger partial charge is 0.406 e. The number of benzene rings is 2. The molecule has 0 bridgehead atoms. The summed E-state index contributed by atoms with van der Waals surface area (Å²) >= 11 is 11.9. The number of imide groups is 1. The van der Waals surface area contributed by atoms with Crippen LogP contribution in [-0.2, 0) is 9.59 Å². The summed E-state index contributed by atoms with van der Waals surface area (Å²) in [6, 6.07) is 9.65. The molecule has 140 valence electrons. The zero-order valence-corrected chi connectivity index (χ0v) is 14.8. The maximum absolute atomic E-state index is 12.7. The Kier molecular flexibility index (Phi) is 4.12. The van der Waals surface area contributed by atoms with Crippen molar-refractivity contribution >= 4 is 40.7 Å². The number of piperidine rings is 1. The third kappa shape index (κ3) is 3.26. The Morgan fingerprint density at radius 1 is 0.852 bits per heavy atom. The lowest BCUT2D eigenvalue weighted by molar-refractivity contribution is -0.274. The minimum absolute atomic E-state index is 0.301. The van der Waals surface area contributed by atoms with Gasteiger partial charge in [-0.1, -0.05) is 35.3 Å². The number of alkyl halides is 3. The van der Waals surface area contributed by atoms with Crippen LogP contribution in [0.1, 0.15) is 11.5 Å². The molecule has 0 spiro atoms. The minimum atomic E-state index is -4.78. The van der Waals surface area contributed by atoms with Gasteiger partial charge in [-0.3, -0.25) is 9.59 Å². The van der Waals surface area contributed by atoms with Gasteiger partial charge in [0, 0.05) is 16.0 Å². The van der Waals surface area contributed by atoms with Crippen molar-refractivity contribution in [3.05, 3.63) is 58.1 Å². The highest BCUT2D eigenvalue weighted by Crippen LogP contribution is 2.60. The predicted molar refractivity (Wildman–Crippen MR) is 91.8 cm³/mol. The molecule has 9 heteroatoms. The van der Waals surface area contributed by atoms with Crippen LogP contribution in [0.5, 0.6) is 5.75 Å². The lowest BCUT2D eigenvalue weighted by Gasteiger charge is -2.19. The number of anilines is 1. The Labute approximate surface area is 161 Å². The Morgan fingerprint density at radius 2 is 1.37 bits per heavy atom. The number of fused-ring (bicyclic) bond motifs is 1. The van der Waals surface area contributed by atoms with Crippen molar-refractivity contribution in [2.75, 3.05) is 4.90 Å². The van der Waals surface area contributed by atoms with E-state index in [1.165, 1.54) is 42.5 Å². The van der Waals surface area contributed by atoms with Crippen LogP contribution in [0, 0.1) is 11.8 Å². The predicted octanol–water partition coefficient (Wildman–Crippen LogP) is 4.80. The van der Waals surface area contributed by atoms with Gasteiger partial charge in [-0.25, -0.2) is 4.90 Å². The van der Waals surface area contributed by atoms with Gasteiger partial charge in [0.25, 0.3) is 0 Å². The molecular weight excluding hydrogens is 406 g/mol. The molecule has 0 aromatic heterocycles. The zero-order chi connectivity index (χ0) is 19.5. The summed E-state index contributed by atoms with van der Waals surface area (Å²) in [6.07, 6.45) is -4.78. The molecule has 2 aromatic rings. The molecule has 1 saturated carbocycles. The number of carbonyl (C=O) groups excluding carboxylic acids is 2. The van der Waals surface area contributed by atoms with Crippen LogP contribution < -0.4 is 9.64 Å². The summed E-state index contributed by atoms with van der Waals surface area (Å²) < 4.78 is 40.5. The van der Waals surface area contributed by atoms with Crippen LogP contribution in [0.4, 0.5) is 18.9 Å². The molecule has 4 rings (SSSR count). The minimum Gasteiger partial charge on any atom is -0.406 e. The molecule has 1 heterocycles. The third-order valence-electron chi connectivity index (χ3n) is 4.63. The van der Waals surface area contributed by atoms with Crippen molar-refractivity contribution in [2.24, 2.45) is 11.8 Å². The van der Waals surface area contributed by atoms with Crippen molar-refractivity contribution in [1.29, 1.82) is 0 Å². The Morgan fingerprint density at radius 3 is 1.85 bits per heavy atom. The number of carbonyl (C=O) groups is 2. The van der Waals surface area contributed by atoms with Crippen molar-refractivity contribution in [3.8, 4) is 5.75 Å². The van der Waals surface area contributed by atoms with E-state index in [0.29, 0.717) is 21.3 Å². The summed E-state index contributed by atoms with van der Waals surface area (Å²) in [6.45, 7) is 0. The lowest BCUT2D eigenvalue weighted by Crippen LogP contribution is -2.34. The van der Waals surface area contributed by atoms with E-state index in [0.717, 1.165) is 4.90 Å². The quantitative estimate of drug-likeness (QED) is 0.676. The Hall–Kier alpha value is -2.25. The standard InChI is InChI=1S/C18H10Cl2F3NO3/c19-9-5-10(20)7-11(6-9)24-16(25)14-13(15(14)17(24)26)8-1-3-12(4-2-8)27-18(21,22)23/h1-7,13-15H/t13-,14+,15?/m1/s1. The number of halogens is 5. The van der Waals surface area contributed by atoms with Gasteiger partial charge in [0.2, 0.25) is 11.8 Å². The second-order valence-electron chi connectivity index (χ2n) is 6.33. The topological polar surface area (TPSA) is 46.6 Å². The van der Waals surface area contributed by atoms with Gasteiger partial charge in [0.15, 0.2) is 0 Å². The van der Waals surface area contributed by atoms with Crippen LogP contribution in [0.3, 0.4) is 0 Å². The van der Waals surface area contributed by atoms with Crippen molar-refractivity contribution < 1.29 is 27.5 Å². The normalized spacial score (nSPS) is 24.2. The molecule has 4 nitrogen and oxygen atoms in total. The average molecular weight is 416 g/mol. The molecule has 1 unspecified atom stereocenters. The van der Waals surface area contributed by atoms with Gasteiger partial charge in [0.05, 0.1) is 17.5 Å². The van der Waals surface area contributed by atoms with Gasteiger partial charge in [-0.05, 0) is 35.9 Å². The fourth-order valence-corrected chi connectivity index (χ4v) is 4.08. The molecule has 1 aliphatic heterocycles. The van der Waals surface area contributed by atoms with E-state index < -0.39 is 18.2 Å². The second-order valence-corrected chi connectivity index (χ2v) is 7.21. The fraction of sp³-hybridized carbons (Fsp3) is 0.222. The van der Waals surface area contributed by atoms with Crippen LogP contribution in [0.15, 0.2) is 42.5 Å². The van der Waals surface area contributed by atoms with Crippen LogP contribution in [0.2, 0.25) is 10.0 Å². The van der Waals surface area contributed by atoms with Gasteiger partial charge < -0.3 is 4.74 Å². The third-order valence-corrected chi connectivity index (χ3v) is 5.07. The van der Waals surface area contributed by atoms with Crippen molar-refractivity contribution in [3.63, 3.8) is 0 Å². The first-order valence-corrected chi connectivity index (χ1v) is 8.61. The maximum atomic E-state index is 12.7. The van der Waals surface area contributed by atoms with Gasteiger partial charge in [-0.2, -0.15) is 0 Å². The Bertz CT molecular complexity index is 904. The SMILES string of the molecule is O=C1C2[C@@H](C(=O)N1c1cc(Cl)cc(Cl)c1)[C@H]2c1ccc(OC(F)(F)F)cc1. The molecule has 2 aliphatic rings.